The normalized spacial score (nSPS) is 28.5. The minimum Gasteiger partial charge on any atom is -0.497 e. The minimum atomic E-state index is -0.363. The van der Waals surface area contributed by atoms with Crippen molar-refractivity contribution >= 4 is 0 Å². The van der Waals surface area contributed by atoms with Crippen molar-refractivity contribution in [3.05, 3.63) is 45.9 Å². The zero-order valence-corrected chi connectivity index (χ0v) is 14.2. The third-order valence-electron chi connectivity index (χ3n) is 5.30. The van der Waals surface area contributed by atoms with Gasteiger partial charge in [-0.15, -0.1) is 0 Å². The summed E-state index contributed by atoms with van der Waals surface area (Å²) in [6.07, 6.45) is 2.23. The maximum Gasteiger partial charge on any atom is 0.275 e. The van der Waals surface area contributed by atoms with Crippen molar-refractivity contribution in [3.63, 3.8) is 0 Å². The van der Waals surface area contributed by atoms with Gasteiger partial charge in [-0.3, -0.25) is 9.89 Å². The monoisotopic (exact) mass is 330 g/mol. The molecule has 2 heterocycles. The van der Waals surface area contributed by atoms with Crippen LogP contribution in [-0.2, 0) is 15.9 Å². The van der Waals surface area contributed by atoms with Crippen LogP contribution in [0.4, 0.5) is 0 Å². The summed E-state index contributed by atoms with van der Waals surface area (Å²) in [4.78, 5) is 13.0. The van der Waals surface area contributed by atoms with E-state index >= 15 is 0 Å². The first kappa shape index (κ1) is 15.5. The van der Waals surface area contributed by atoms with Crippen LogP contribution in [0.2, 0.25) is 0 Å². The Kier molecular flexibility index (Phi) is 3.54. The molecule has 3 atom stereocenters. The van der Waals surface area contributed by atoms with Crippen LogP contribution < -0.4 is 10.3 Å². The molecule has 0 amide bonds. The number of nitrogens with zero attached hydrogens (tertiary/aromatic N) is 1. The van der Waals surface area contributed by atoms with Crippen LogP contribution in [0.25, 0.3) is 5.69 Å². The van der Waals surface area contributed by atoms with E-state index in [4.69, 9.17) is 14.2 Å². The van der Waals surface area contributed by atoms with E-state index in [2.05, 4.69) is 12.0 Å². The number of hydrogen-bond donors (Lipinski definition) is 1. The smallest absolute Gasteiger partial charge is 0.275 e. The van der Waals surface area contributed by atoms with Crippen molar-refractivity contribution in [1.82, 2.24) is 9.78 Å². The summed E-state index contributed by atoms with van der Waals surface area (Å²) in [6.45, 7) is 2.08. The van der Waals surface area contributed by atoms with Gasteiger partial charge >= 0.3 is 0 Å². The number of methoxy groups -OCH3 is 2. The number of benzene rings is 1. The second kappa shape index (κ2) is 5.50. The maximum absolute atomic E-state index is 13.0. The summed E-state index contributed by atoms with van der Waals surface area (Å²) in [5, 5.41) is 3.27. The summed E-state index contributed by atoms with van der Waals surface area (Å²) >= 11 is 0. The molecule has 0 saturated carbocycles. The number of aromatic nitrogens is 2. The van der Waals surface area contributed by atoms with E-state index in [1.165, 1.54) is 0 Å². The number of rotatable bonds is 3. The fraction of sp³-hybridized carbons (Fsp3) is 0.500. The molecule has 1 N–H and O–H groups in total. The van der Waals surface area contributed by atoms with Crippen molar-refractivity contribution < 1.29 is 14.2 Å². The number of fused-ring (bicyclic) bond motifs is 3. The molecule has 4 rings (SSSR count). The number of aromatic amines is 1. The second-order valence-corrected chi connectivity index (χ2v) is 6.75. The maximum atomic E-state index is 13.0. The lowest BCUT2D eigenvalue weighted by molar-refractivity contribution is -0.223. The third-order valence-corrected chi connectivity index (χ3v) is 5.30. The molecule has 128 valence electrons. The Hall–Kier alpha value is -2.05. The fourth-order valence-electron chi connectivity index (χ4n) is 4.08. The van der Waals surface area contributed by atoms with Gasteiger partial charge in [0.2, 0.25) is 0 Å². The van der Waals surface area contributed by atoms with E-state index in [9.17, 15) is 4.79 Å². The Morgan fingerprint density at radius 3 is 2.67 bits per heavy atom. The van der Waals surface area contributed by atoms with E-state index in [1.807, 2.05) is 24.3 Å². The average Bonchev–Trinajstić information content (AvgIpc) is 3.06. The largest absolute Gasteiger partial charge is 0.497 e. The predicted octanol–water partition coefficient (Wildman–Crippen LogP) is 2.36. The van der Waals surface area contributed by atoms with Crippen molar-refractivity contribution in [2.24, 2.45) is 0 Å². The first-order valence-electron chi connectivity index (χ1n) is 8.24. The lowest BCUT2D eigenvalue weighted by atomic mass is 9.83. The Morgan fingerprint density at radius 1 is 1.25 bits per heavy atom. The highest BCUT2D eigenvalue weighted by atomic mass is 16.7. The third kappa shape index (κ3) is 2.21. The zero-order chi connectivity index (χ0) is 16.9. The molecule has 0 spiro atoms. The lowest BCUT2D eigenvalue weighted by Gasteiger charge is -2.40. The van der Waals surface area contributed by atoms with Gasteiger partial charge in [0.05, 0.1) is 18.4 Å². The van der Waals surface area contributed by atoms with Crippen molar-refractivity contribution in [1.29, 1.82) is 0 Å². The summed E-state index contributed by atoms with van der Waals surface area (Å²) in [7, 11) is 3.29. The standard InChI is InChI=1S/C18H22N2O4/c1-18-10-14-16(13(18)8-9-15(23-3)24-18)17(21)20(19-14)11-4-6-12(22-2)7-5-11/h4-7,13,15,19H,8-10H2,1-3H3/t13-,15-,18-/m0/s1. The van der Waals surface area contributed by atoms with Gasteiger partial charge in [0.15, 0.2) is 6.29 Å². The molecule has 0 radical (unpaired) electrons. The van der Waals surface area contributed by atoms with Crippen LogP contribution in [0, 0.1) is 0 Å². The summed E-state index contributed by atoms with van der Waals surface area (Å²) in [6, 6.07) is 7.46. The molecule has 1 aliphatic carbocycles. The Bertz CT molecular complexity index is 807. The number of ether oxygens (including phenoxy) is 3. The van der Waals surface area contributed by atoms with Crippen molar-refractivity contribution in [2.75, 3.05) is 14.2 Å². The summed E-state index contributed by atoms with van der Waals surface area (Å²) in [5.41, 5.74) is 2.30. The van der Waals surface area contributed by atoms with E-state index < -0.39 is 0 Å². The lowest BCUT2D eigenvalue weighted by Crippen LogP contribution is -2.44. The molecule has 6 heteroatoms. The van der Waals surface area contributed by atoms with E-state index in [0.29, 0.717) is 6.42 Å². The van der Waals surface area contributed by atoms with Gasteiger partial charge in [-0.05, 0) is 44.0 Å². The SMILES string of the molecule is COc1ccc(-n2[nH]c3c(c2=O)[C@@H]2CC[C@@H](OC)O[C@@]2(C)C3)cc1. The van der Waals surface area contributed by atoms with Crippen LogP contribution >= 0.6 is 0 Å². The van der Waals surface area contributed by atoms with Crippen LogP contribution in [0.5, 0.6) is 5.75 Å². The molecule has 6 nitrogen and oxygen atoms in total. The first-order chi connectivity index (χ1) is 11.6. The Balaban J connectivity index is 1.70. The summed E-state index contributed by atoms with van der Waals surface area (Å²) < 4.78 is 18.3. The number of nitrogens with one attached hydrogen (secondary N) is 1. The van der Waals surface area contributed by atoms with Crippen LogP contribution in [0.15, 0.2) is 29.1 Å². The molecule has 1 fully saturated rings. The molecule has 1 aliphatic heterocycles. The topological polar surface area (TPSA) is 65.5 Å². The molecular weight excluding hydrogens is 308 g/mol. The Labute approximate surface area is 140 Å². The molecule has 2 aliphatic rings. The minimum absolute atomic E-state index is 0.0170. The molecule has 0 unspecified atom stereocenters. The van der Waals surface area contributed by atoms with Crippen LogP contribution in [0.1, 0.15) is 36.9 Å². The second-order valence-electron chi connectivity index (χ2n) is 6.75. The molecule has 1 aromatic carbocycles. The van der Waals surface area contributed by atoms with Gasteiger partial charge in [0.25, 0.3) is 5.56 Å². The van der Waals surface area contributed by atoms with E-state index in [-0.39, 0.29) is 23.4 Å². The molecule has 0 bridgehead atoms. The predicted molar refractivity (Wildman–Crippen MR) is 88.9 cm³/mol. The molecule has 1 saturated heterocycles. The highest BCUT2D eigenvalue weighted by molar-refractivity contribution is 5.41. The van der Waals surface area contributed by atoms with Gasteiger partial charge in [0.1, 0.15) is 5.75 Å². The van der Waals surface area contributed by atoms with Crippen molar-refractivity contribution in [3.8, 4) is 11.4 Å². The highest BCUT2D eigenvalue weighted by Gasteiger charge is 2.50. The molecular formula is C18H22N2O4. The quantitative estimate of drug-likeness (QED) is 0.938. The molecule has 2 aromatic rings. The van der Waals surface area contributed by atoms with Crippen LogP contribution in [-0.4, -0.2) is 35.9 Å². The van der Waals surface area contributed by atoms with Crippen LogP contribution in [0.3, 0.4) is 0 Å². The first-order valence-corrected chi connectivity index (χ1v) is 8.24. The van der Waals surface area contributed by atoms with Crippen molar-refractivity contribution in [2.45, 2.75) is 44.0 Å². The highest BCUT2D eigenvalue weighted by Crippen LogP contribution is 2.48. The molecule has 1 aromatic heterocycles. The zero-order valence-electron chi connectivity index (χ0n) is 14.2. The fourth-order valence-corrected chi connectivity index (χ4v) is 4.08. The van der Waals surface area contributed by atoms with Gasteiger partial charge in [0, 0.05) is 30.7 Å². The number of H-pyrrole nitrogens is 1. The summed E-state index contributed by atoms with van der Waals surface area (Å²) in [5.74, 6) is 0.881. The van der Waals surface area contributed by atoms with Gasteiger partial charge in [-0.2, -0.15) is 0 Å². The average molecular weight is 330 g/mol. The van der Waals surface area contributed by atoms with E-state index in [0.717, 1.165) is 35.5 Å². The van der Waals surface area contributed by atoms with Gasteiger partial charge < -0.3 is 14.2 Å². The number of hydrogen-bond acceptors (Lipinski definition) is 4. The molecule has 24 heavy (non-hydrogen) atoms. The Morgan fingerprint density at radius 2 is 2.00 bits per heavy atom. The van der Waals surface area contributed by atoms with E-state index in [1.54, 1.807) is 18.9 Å². The van der Waals surface area contributed by atoms with Gasteiger partial charge in [-0.1, -0.05) is 0 Å². The van der Waals surface area contributed by atoms with Gasteiger partial charge in [-0.25, -0.2) is 4.68 Å².